The van der Waals surface area contributed by atoms with Gasteiger partial charge >= 0.3 is 5.97 Å². The number of hydrogen-bond acceptors (Lipinski definition) is 5. The van der Waals surface area contributed by atoms with Crippen LogP contribution in [0, 0.1) is 6.92 Å². The zero-order chi connectivity index (χ0) is 29.8. The Morgan fingerprint density at radius 2 is 1.69 bits per heavy atom. The lowest BCUT2D eigenvalue weighted by Crippen LogP contribution is -2.19. The summed E-state index contributed by atoms with van der Waals surface area (Å²) in [5.74, 6) is -0.394. The molecule has 0 aliphatic rings. The average Bonchev–Trinajstić information content (AvgIpc) is 3.34. The average molecular weight is 621 g/mol. The van der Waals surface area contributed by atoms with E-state index in [-0.39, 0.29) is 11.4 Å². The fraction of sp³-hybridized carbons (Fsp3) is 0.0938. The van der Waals surface area contributed by atoms with Crippen molar-refractivity contribution < 1.29 is 19.1 Å². The number of aromatic amines is 1. The molecule has 1 heterocycles. The fourth-order valence-electron chi connectivity index (χ4n) is 4.36. The number of hydrazone groups is 1. The van der Waals surface area contributed by atoms with Crippen LogP contribution >= 0.6 is 34.8 Å². The number of halogens is 3. The number of nitrogens with one attached hydrogen (secondary N) is 2. The molecule has 2 N–H and O–H groups in total. The Kier molecular flexibility index (Phi) is 8.83. The van der Waals surface area contributed by atoms with E-state index in [1.807, 2.05) is 38.1 Å². The second-order valence-electron chi connectivity index (χ2n) is 9.26. The van der Waals surface area contributed by atoms with Crippen LogP contribution in [0.3, 0.4) is 0 Å². The molecule has 0 atom stereocenters. The lowest BCUT2D eigenvalue weighted by atomic mass is 10.0. The third-order valence-electron chi connectivity index (χ3n) is 6.33. The molecule has 0 spiro atoms. The van der Waals surface area contributed by atoms with Gasteiger partial charge in [-0.25, -0.2) is 10.2 Å². The van der Waals surface area contributed by atoms with Gasteiger partial charge in [0.05, 0.1) is 28.9 Å². The largest absolute Gasteiger partial charge is 0.490 e. The van der Waals surface area contributed by atoms with Crippen LogP contribution in [0.25, 0.3) is 22.0 Å². The Morgan fingerprint density at radius 3 is 2.43 bits per heavy atom. The van der Waals surface area contributed by atoms with Gasteiger partial charge in [-0.15, -0.1) is 0 Å². The summed E-state index contributed by atoms with van der Waals surface area (Å²) in [6.07, 6.45) is 1.45. The second-order valence-corrected chi connectivity index (χ2v) is 10.5. The van der Waals surface area contributed by atoms with Crippen LogP contribution in [0.5, 0.6) is 11.5 Å². The number of aryl methyl sites for hydroxylation is 1. The molecule has 0 saturated heterocycles. The molecule has 10 heteroatoms. The summed E-state index contributed by atoms with van der Waals surface area (Å²) in [4.78, 5) is 29.1. The van der Waals surface area contributed by atoms with E-state index >= 15 is 0 Å². The molecule has 1 amide bonds. The first-order valence-corrected chi connectivity index (χ1v) is 14.0. The molecule has 5 rings (SSSR count). The van der Waals surface area contributed by atoms with Gasteiger partial charge < -0.3 is 14.5 Å². The molecule has 0 fully saturated rings. The van der Waals surface area contributed by atoms with E-state index in [2.05, 4.69) is 15.5 Å². The predicted octanol–water partition coefficient (Wildman–Crippen LogP) is 8.49. The van der Waals surface area contributed by atoms with Crippen LogP contribution in [0.1, 0.15) is 38.9 Å². The molecule has 1 aromatic heterocycles. The molecule has 0 saturated carbocycles. The standard InChI is InChI=1S/C32H24Cl3N3O4/c1-3-41-27-14-19(10-13-26(27)42-32(40)20-11-8-18(2)9-12-20)17-36-38-31(39)30-28(22-6-4-5-7-24(22)34)23-15-21(33)16-25(35)29(23)37-30/h4-17,37H,3H2,1-2H3,(H,38,39). The Bertz CT molecular complexity index is 1830. The highest BCUT2D eigenvalue weighted by Gasteiger charge is 2.22. The minimum atomic E-state index is -0.516. The van der Waals surface area contributed by atoms with E-state index in [1.165, 1.54) is 6.21 Å². The Hall–Kier alpha value is -4.30. The second kappa shape index (κ2) is 12.7. The number of carbonyl (C=O) groups is 2. The minimum Gasteiger partial charge on any atom is -0.490 e. The molecule has 42 heavy (non-hydrogen) atoms. The van der Waals surface area contributed by atoms with Gasteiger partial charge in [-0.05, 0) is 67.9 Å². The van der Waals surface area contributed by atoms with Crippen LogP contribution < -0.4 is 14.9 Å². The number of hydrogen-bond donors (Lipinski definition) is 2. The van der Waals surface area contributed by atoms with Crippen molar-refractivity contribution in [3.63, 3.8) is 0 Å². The van der Waals surface area contributed by atoms with Crippen molar-refractivity contribution in [1.29, 1.82) is 0 Å². The molecule has 7 nitrogen and oxygen atoms in total. The molecule has 0 unspecified atom stereocenters. The van der Waals surface area contributed by atoms with Gasteiger partial charge in [-0.1, -0.05) is 70.7 Å². The first-order chi connectivity index (χ1) is 20.2. The first kappa shape index (κ1) is 29.2. The first-order valence-electron chi connectivity index (χ1n) is 12.9. The summed E-state index contributed by atoms with van der Waals surface area (Å²) in [6, 6.07) is 22.5. The number of aromatic nitrogens is 1. The van der Waals surface area contributed by atoms with Crippen molar-refractivity contribution in [3.8, 4) is 22.6 Å². The summed E-state index contributed by atoms with van der Waals surface area (Å²) in [6.45, 7) is 4.11. The fourth-order valence-corrected chi connectivity index (χ4v) is 5.13. The van der Waals surface area contributed by atoms with Gasteiger partial charge in [-0.2, -0.15) is 5.10 Å². The number of H-pyrrole nitrogens is 1. The summed E-state index contributed by atoms with van der Waals surface area (Å²) in [7, 11) is 0. The van der Waals surface area contributed by atoms with Gasteiger partial charge in [0.25, 0.3) is 5.91 Å². The molecule has 4 aromatic carbocycles. The number of carbonyl (C=O) groups excluding carboxylic acids is 2. The zero-order valence-electron chi connectivity index (χ0n) is 22.5. The van der Waals surface area contributed by atoms with E-state index in [1.54, 1.807) is 54.6 Å². The topological polar surface area (TPSA) is 92.8 Å². The minimum absolute atomic E-state index is 0.216. The summed E-state index contributed by atoms with van der Waals surface area (Å²) >= 11 is 19.2. The lowest BCUT2D eigenvalue weighted by Gasteiger charge is -2.11. The molecular formula is C32H24Cl3N3O4. The normalized spacial score (nSPS) is 11.2. The van der Waals surface area contributed by atoms with Crippen LogP contribution in [-0.2, 0) is 0 Å². The maximum Gasteiger partial charge on any atom is 0.343 e. The van der Waals surface area contributed by atoms with E-state index in [9.17, 15) is 9.59 Å². The van der Waals surface area contributed by atoms with E-state index in [0.717, 1.165) is 5.56 Å². The van der Waals surface area contributed by atoms with Gasteiger partial charge in [0.1, 0.15) is 5.69 Å². The van der Waals surface area contributed by atoms with Gasteiger partial charge in [0.2, 0.25) is 0 Å². The van der Waals surface area contributed by atoms with E-state index < -0.39 is 11.9 Å². The van der Waals surface area contributed by atoms with Crippen molar-refractivity contribution >= 4 is 63.8 Å². The quantitative estimate of drug-likeness (QED) is 0.0787. The molecule has 5 aromatic rings. The summed E-state index contributed by atoms with van der Waals surface area (Å²) < 4.78 is 11.3. The van der Waals surface area contributed by atoms with Gasteiger partial charge in [-0.3, -0.25) is 4.79 Å². The number of benzene rings is 4. The molecule has 212 valence electrons. The van der Waals surface area contributed by atoms with Crippen molar-refractivity contribution in [3.05, 3.63) is 116 Å². The Morgan fingerprint density at radius 1 is 0.929 bits per heavy atom. The van der Waals surface area contributed by atoms with Crippen molar-refractivity contribution in [1.82, 2.24) is 10.4 Å². The predicted molar refractivity (Wildman–Crippen MR) is 168 cm³/mol. The van der Waals surface area contributed by atoms with Crippen LogP contribution in [-0.4, -0.2) is 29.7 Å². The third-order valence-corrected chi connectivity index (χ3v) is 7.18. The SMILES string of the molecule is CCOc1cc(C=NNC(=O)c2[nH]c3c(Cl)cc(Cl)cc3c2-c2ccccc2Cl)ccc1OC(=O)c1ccc(C)cc1. The third kappa shape index (κ3) is 6.29. The van der Waals surface area contributed by atoms with Crippen molar-refractivity contribution in [2.75, 3.05) is 6.61 Å². The maximum absolute atomic E-state index is 13.3. The number of amides is 1. The number of rotatable bonds is 8. The highest BCUT2D eigenvalue weighted by atomic mass is 35.5. The summed E-state index contributed by atoms with van der Waals surface area (Å²) in [5, 5.41) is 6.02. The molecule has 0 radical (unpaired) electrons. The van der Waals surface area contributed by atoms with Crippen LogP contribution in [0.2, 0.25) is 15.1 Å². The molecular weight excluding hydrogens is 597 g/mol. The number of fused-ring (bicyclic) bond motifs is 1. The Labute approximate surface area is 257 Å². The molecule has 0 aliphatic carbocycles. The Balaban J connectivity index is 1.39. The van der Waals surface area contributed by atoms with Crippen molar-refractivity contribution in [2.24, 2.45) is 5.10 Å². The monoisotopic (exact) mass is 619 g/mol. The number of nitrogens with zero attached hydrogens (tertiary/aromatic N) is 1. The van der Waals surface area contributed by atoms with Crippen LogP contribution in [0.15, 0.2) is 84.0 Å². The van der Waals surface area contributed by atoms with E-state index in [4.69, 9.17) is 44.3 Å². The van der Waals surface area contributed by atoms with E-state index in [0.29, 0.717) is 60.6 Å². The van der Waals surface area contributed by atoms with Crippen LogP contribution in [0.4, 0.5) is 0 Å². The zero-order valence-corrected chi connectivity index (χ0v) is 24.8. The number of esters is 1. The highest BCUT2D eigenvalue weighted by molar-refractivity contribution is 6.39. The maximum atomic E-state index is 13.3. The number of ether oxygens (including phenoxy) is 2. The highest BCUT2D eigenvalue weighted by Crippen LogP contribution is 2.40. The lowest BCUT2D eigenvalue weighted by molar-refractivity contribution is 0.0728. The summed E-state index contributed by atoms with van der Waals surface area (Å²) in [5.41, 5.74) is 6.56. The molecule has 0 bridgehead atoms. The molecule has 0 aliphatic heterocycles. The van der Waals surface area contributed by atoms with Gasteiger partial charge in [0, 0.05) is 26.6 Å². The van der Waals surface area contributed by atoms with Gasteiger partial charge in [0.15, 0.2) is 11.5 Å². The smallest absolute Gasteiger partial charge is 0.343 e. The van der Waals surface area contributed by atoms with Crippen molar-refractivity contribution in [2.45, 2.75) is 13.8 Å².